The molecule has 0 aliphatic heterocycles. The van der Waals surface area contributed by atoms with Gasteiger partial charge < -0.3 is 0 Å². The fraction of sp³-hybridized carbons (Fsp3) is 0. The summed E-state index contributed by atoms with van der Waals surface area (Å²) in [7, 11) is 0. The Labute approximate surface area is 197 Å². The van der Waals surface area contributed by atoms with Crippen LogP contribution in [0, 0.1) is 0 Å². The number of fused-ring (bicyclic) bond motifs is 3. The van der Waals surface area contributed by atoms with Crippen molar-refractivity contribution >= 4 is 71.3 Å². The quantitative estimate of drug-likeness (QED) is 0.261. The van der Waals surface area contributed by atoms with Crippen LogP contribution in [-0.2, 0) is 0 Å². The molecule has 0 aliphatic rings. The second-order valence-electron chi connectivity index (χ2n) is 7.59. The summed E-state index contributed by atoms with van der Waals surface area (Å²) in [4.78, 5) is 34.5. The third-order valence-corrected chi connectivity index (χ3v) is 7.75. The molecule has 0 spiro atoms. The van der Waals surface area contributed by atoms with Gasteiger partial charge in [-0.1, -0.05) is 42.5 Å². The van der Waals surface area contributed by atoms with Crippen molar-refractivity contribution in [1.29, 1.82) is 0 Å². The van der Waals surface area contributed by atoms with Crippen molar-refractivity contribution in [3.05, 3.63) is 107 Å². The molecule has 0 fully saturated rings. The van der Waals surface area contributed by atoms with Crippen molar-refractivity contribution in [3.8, 4) is 0 Å². The minimum Gasteiger partial charge on any atom is -0.267 e. The fourth-order valence-electron chi connectivity index (χ4n) is 3.99. The molecule has 33 heavy (non-hydrogen) atoms. The van der Waals surface area contributed by atoms with Gasteiger partial charge in [0.05, 0.1) is 21.0 Å². The average Bonchev–Trinajstić information content (AvgIpc) is 3.49. The molecular weight excluding hydrogens is 448 g/mol. The highest BCUT2D eigenvalue weighted by Gasteiger charge is 2.30. The number of pyridine rings is 1. The van der Waals surface area contributed by atoms with E-state index in [2.05, 4.69) is 4.98 Å². The number of hydrogen-bond donors (Lipinski definition) is 0. The molecule has 0 unspecified atom stereocenters. The molecule has 158 valence electrons. The van der Waals surface area contributed by atoms with Gasteiger partial charge in [0.2, 0.25) is 0 Å². The minimum atomic E-state index is -0.338. The lowest BCUT2D eigenvalue weighted by Crippen LogP contribution is -2.36. The standard InChI is InChI=1S/C27H16N2O2S2/c30-26(24-15-17-7-1-3-12-22(17)32-24)29(21-11-5-10-20-19(21)9-6-14-28-20)27(31)25-16-18-8-2-4-13-23(18)33-25/h1-16H. The average molecular weight is 465 g/mol. The molecule has 0 saturated carbocycles. The topological polar surface area (TPSA) is 50.3 Å². The molecule has 3 aromatic carbocycles. The molecule has 4 nitrogen and oxygen atoms in total. The zero-order valence-corrected chi connectivity index (χ0v) is 18.9. The lowest BCUT2D eigenvalue weighted by atomic mass is 10.1. The first kappa shape index (κ1) is 19.8. The molecule has 0 bridgehead atoms. The van der Waals surface area contributed by atoms with E-state index in [1.807, 2.05) is 84.9 Å². The van der Waals surface area contributed by atoms with Crippen molar-refractivity contribution in [3.63, 3.8) is 0 Å². The predicted molar refractivity (Wildman–Crippen MR) is 137 cm³/mol. The van der Waals surface area contributed by atoms with Gasteiger partial charge in [-0.25, -0.2) is 4.90 Å². The molecule has 0 atom stereocenters. The minimum absolute atomic E-state index is 0.338. The number of imide groups is 1. The van der Waals surface area contributed by atoms with Gasteiger partial charge in [0.15, 0.2) is 0 Å². The maximum absolute atomic E-state index is 13.9. The summed E-state index contributed by atoms with van der Waals surface area (Å²) in [6.45, 7) is 0. The van der Waals surface area contributed by atoms with Crippen molar-refractivity contribution in [1.82, 2.24) is 4.98 Å². The van der Waals surface area contributed by atoms with Gasteiger partial charge in [0.25, 0.3) is 11.8 Å². The normalized spacial score (nSPS) is 11.3. The zero-order chi connectivity index (χ0) is 22.4. The van der Waals surface area contributed by atoms with E-state index >= 15 is 0 Å². The van der Waals surface area contributed by atoms with E-state index in [1.165, 1.54) is 27.6 Å². The van der Waals surface area contributed by atoms with Crippen LogP contribution in [0.1, 0.15) is 19.3 Å². The van der Waals surface area contributed by atoms with E-state index in [9.17, 15) is 9.59 Å². The Hall–Kier alpha value is -3.87. The van der Waals surface area contributed by atoms with Crippen LogP contribution in [-0.4, -0.2) is 16.8 Å². The summed E-state index contributed by atoms with van der Waals surface area (Å²) in [6, 6.07) is 28.6. The Balaban J connectivity index is 1.54. The number of aromatic nitrogens is 1. The van der Waals surface area contributed by atoms with Crippen LogP contribution in [0.4, 0.5) is 5.69 Å². The number of hydrogen-bond acceptors (Lipinski definition) is 5. The molecule has 0 radical (unpaired) electrons. The van der Waals surface area contributed by atoms with Crippen LogP contribution < -0.4 is 4.90 Å². The van der Waals surface area contributed by atoms with Crippen LogP contribution in [0.15, 0.2) is 97.2 Å². The summed E-state index contributed by atoms with van der Waals surface area (Å²) < 4.78 is 2.02. The van der Waals surface area contributed by atoms with Crippen molar-refractivity contribution < 1.29 is 9.59 Å². The predicted octanol–water partition coefficient (Wildman–Crippen LogP) is 7.15. The van der Waals surface area contributed by atoms with Crippen molar-refractivity contribution in [2.45, 2.75) is 0 Å². The number of carbonyl (C=O) groups is 2. The van der Waals surface area contributed by atoms with Gasteiger partial charge in [-0.2, -0.15) is 0 Å². The van der Waals surface area contributed by atoms with Gasteiger partial charge in [-0.15, -0.1) is 22.7 Å². The summed E-state index contributed by atoms with van der Waals surface area (Å²) in [5.41, 5.74) is 1.26. The highest BCUT2D eigenvalue weighted by molar-refractivity contribution is 7.21. The molecule has 6 aromatic rings. The van der Waals surface area contributed by atoms with Crippen LogP contribution >= 0.6 is 22.7 Å². The Kier molecular flexibility index (Phi) is 4.75. The molecule has 0 saturated heterocycles. The number of thiophene rings is 2. The van der Waals surface area contributed by atoms with Crippen LogP contribution in [0.25, 0.3) is 31.1 Å². The number of anilines is 1. The van der Waals surface area contributed by atoms with Gasteiger partial charge in [0.1, 0.15) is 0 Å². The molecule has 3 aromatic heterocycles. The molecule has 6 heteroatoms. The molecular formula is C27H16N2O2S2. The van der Waals surface area contributed by atoms with E-state index in [0.29, 0.717) is 15.4 Å². The van der Waals surface area contributed by atoms with E-state index in [0.717, 1.165) is 31.1 Å². The van der Waals surface area contributed by atoms with E-state index in [-0.39, 0.29) is 11.8 Å². The maximum atomic E-state index is 13.9. The lowest BCUT2D eigenvalue weighted by Gasteiger charge is -2.21. The third kappa shape index (κ3) is 3.40. The second-order valence-corrected chi connectivity index (χ2v) is 9.76. The van der Waals surface area contributed by atoms with Crippen molar-refractivity contribution in [2.75, 3.05) is 4.90 Å². The number of amides is 2. The van der Waals surface area contributed by atoms with Gasteiger partial charge >= 0.3 is 0 Å². The van der Waals surface area contributed by atoms with Crippen LogP contribution in [0.3, 0.4) is 0 Å². The molecule has 2 amide bonds. The monoisotopic (exact) mass is 464 g/mol. The highest BCUT2D eigenvalue weighted by atomic mass is 32.1. The number of benzene rings is 3. The Bertz CT molecular complexity index is 1520. The van der Waals surface area contributed by atoms with Crippen molar-refractivity contribution in [2.24, 2.45) is 0 Å². The number of nitrogens with zero attached hydrogens (tertiary/aromatic N) is 2. The Morgan fingerprint density at radius 2 is 1.27 bits per heavy atom. The number of carbonyl (C=O) groups excluding carboxylic acids is 2. The first-order valence-corrected chi connectivity index (χ1v) is 12.0. The summed E-state index contributed by atoms with van der Waals surface area (Å²) in [5.74, 6) is -0.676. The lowest BCUT2D eigenvalue weighted by molar-refractivity contribution is 0.0902. The second kappa shape index (κ2) is 7.92. The molecule has 3 heterocycles. The largest absolute Gasteiger partial charge is 0.275 e. The Morgan fingerprint density at radius 1 is 0.667 bits per heavy atom. The summed E-state index contributed by atoms with van der Waals surface area (Å²) >= 11 is 2.79. The fourth-order valence-corrected chi connectivity index (χ4v) is 5.97. The zero-order valence-electron chi connectivity index (χ0n) is 17.3. The summed E-state index contributed by atoms with van der Waals surface area (Å²) in [5, 5.41) is 2.73. The smallest absolute Gasteiger partial charge is 0.267 e. The molecule has 6 rings (SSSR count). The summed E-state index contributed by atoms with van der Waals surface area (Å²) in [6.07, 6.45) is 1.71. The van der Waals surface area contributed by atoms with E-state index in [1.54, 1.807) is 12.3 Å². The van der Waals surface area contributed by atoms with E-state index in [4.69, 9.17) is 0 Å². The molecule has 0 aliphatic carbocycles. The van der Waals surface area contributed by atoms with Gasteiger partial charge in [-0.3, -0.25) is 14.6 Å². The maximum Gasteiger partial charge on any atom is 0.275 e. The van der Waals surface area contributed by atoms with Gasteiger partial charge in [-0.05, 0) is 59.3 Å². The van der Waals surface area contributed by atoms with Crippen LogP contribution in [0.5, 0.6) is 0 Å². The first-order chi connectivity index (χ1) is 16.2. The first-order valence-electron chi connectivity index (χ1n) is 10.4. The van der Waals surface area contributed by atoms with Gasteiger partial charge in [0, 0.05) is 21.0 Å². The Morgan fingerprint density at radius 3 is 1.88 bits per heavy atom. The third-order valence-electron chi connectivity index (χ3n) is 5.54. The van der Waals surface area contributed by atoms with E-state index < -0.39 is 0 Å². The number of rotatable bonds is 3. The molecule has 0 N–H and O–H groups in total. The highest BCUT2D eigenvalue weighted by Crippen LogP contribution is 2.34. The van der Waals surface area contributed by atoms with Crippen LogP contribution in [0.2, 0.25) is 0 Å². The SMILES string of the molecule is O=C(c1cc2ccccc2s1)N(C(=O)c1cc2ccccc2s1)c1cccc2ncccc12.